The lowest BCUT2D eigenvalue weighted by molar-refractivity contribution is -0.305. The highest BCUT2D eigenvalue weighted by atomic mass is 16.7. The van der Waals surface area contributed by atoms with Gasteiger partial charge in [0.25, 0.3) is 0 Å². The number of hydrogen-bond acceptors (Lipinski definition) is 3. The average molecular weight is 332 g/mol. The molecule has 1 aliphatic rings. The van der Waals surface area contributed by atoms with Crippen LogP contribution >= 0.6 is 0 Å². The summed E-state index contributed by atoms with van der Waals surface area (Å²) in [6.45, 7) is 15.2. The van der Waals surface area contributed by atoms with Crippen molar-refractivity contribution in [1.82, 2.24) is 9.96 Å². The van der Waals surface area contributed by atoms with Crippen LogP contribution in [0.25, 0.3) is 0 Å². The van der Waals surface area contributed by atoms with Gasteiger partial charge in [0, 0.05) is 12.6 Å². The van der Waals surface area contributed by atoms with Gasteiger partial charge in [-0.15, -0.1) is 0 Å². The number of carbonyl (C=O) groups is 1. The molecule has 2 rings (SSSR count). The van der Waals surface area contributed by atoms with E-state index in [2.05, 4.69) is 46.8 Å². The van der Waals surface area contributed by atoms with E-state index in [-0.39, 0.29) is 23.6 Å². The highest BCUT2D eigenvalue weighted by Gasteiger charge is 2.54. The Bertz CT molecular complexity index is 570. The van der Waals surface area contributed by atoms with Gasteiger partial charge < -0.3 is 4.90 Å². The van der Waals surface area contributed by atoms with Crippen LogP contribution in [0.5, 0.6) is 0 Å². The third-order valence-corrected chi connectivity index (χ3v) is 5.12. The molecule has 0 spiro atoms. The van der Waals surface area contributed by atoms with Crippen molar-refractivity contribution in [1.29, 1.82) is 0 Å². The van der Waals surface area contributed by atoms with Crippen LogP contribution in [0, 0.1) is 0 Å². The Morgan fingerprint density at radius 3 is 2.21 bits per heavy atom. The van der Waals surface area contributed by atoms with Crippen LogP contribution in [0.1, 0.15) is 66.6 Å². The van der Waals surface area contributed by atoms with E-state index >= 15 is 0 Å². The molecule has 0 radical (unpaired) electrons. The first-order valence-electron chi connectivity index (χ1n) is 8.96. The number of nitrogens with zero attached hydrogens (tertiary/aromatic N) is 2. The van der Waals surface area contributed by atoms with Gasteiger partial charge in [-0.05, 0) is 53.5 Å². The average Bonchev–Trinajstić information content (AvgIpc) is 2.55. The number of amides is 1. The topological polar surface area (TPSA) is 32.8 Å². The fourth-order valence-electron chi connectivity index (χ4n) is 3.53. The third-order valence-electron chi connectivity index (χ3n) is 5.12. The van der Waals surface area contributed by atoms with Gasteiger partial charge >= 0.3 is 0 Å². The van der Waals surface area contributed by atoms with Crippen molar-refractivity contribution >= 4 is 5.91 Å². The Balaban J connectivity index is 2.34. The van der Waals surface area contributed by atoms with Crippen LogP contribution < -0.4 is 0 Å². The third kappa shape index (κ3) is 3.35. The summed E-state index contributed by atoms with van der Waals surface area (Å²) >= 11 is 0. The zero-order valence-corrected chi connectivity index (χ0v) is 16.2. The normalized spacial score (nSPS) is 26.0. The molecule has 1 fully saturated rings. The first-order valence-corrected chi connectivity index (χ1v) is 8.96. The predicted octanol–water partition coefficient (Wildman–Crippen LogP) is 4.18. The Kier molecular flexibility index (Phi) is 5.41. The van der Waals surface area contributed by atoms with E-state index in [0.29, 0.717) is 13.0 Å². The van der Waals surface area contributed by atoms with Crippen LogP contribution in [0.15, 0.2) is 30.3 Å². The van der Waals surface area contributed by atoms with Gasteiger partial charge in [-0.2, -0.15) is 5.06 Å². The lowest BCUT2D eigenvalue weighted by Gasteiger charge is -2.56. The van der Waals surface area contributed by atoms with Crippen molar-refractivity contribution in [2.24, 2.45) is 0 Å². The summed E-state index contributed by atoms with van der Waals surface area (Å²) in [6.07, 6.45) is 0.606. The molecule has 0 bridgehead atoms. The highest BCUT2D eigenvalue weighted by molar-refractivity contribution is 5.87. The molecule has 1 heterocycles. The van der Waals surface area contributed by atoms with Crippen molar-refractivity contribution < 1.29 is 9.63 Å². The Hall–Kier alpha value is -1.39. The van der Waals surface area contributed by atoms with Crippen LogP contribution in [0.4, 0.5) is 0 Å². The molecule has 0 aromatic heterocycles. The molecule has 24 heavy (non-hydrogen) atoms. The largest absolute Gasteiger partial charge is 0.337 e. The minimum atomic E-state index is -0.658. The lowest BCUT2D eigenvalue weighted by atomic mass is 9.85. The fourth-order valence-corrected chi connectivity index (χ4v) is 3.53. The molecular formula is C20H32N2O2. The van der Waals surface area contributed by atoms with E-state index in [1.165, 1.54) is 0 Å². The summed E-state index contributed by atoms with van der Waals surface area (Å²) in [5.41, 5.74) is 0.201. The Morgan fingerprint density at radius 1 is 1.12 bits per heavy atom. The molecule has 1 aliphatic heterocycles. The summed E-state index contributed by atoms with van der Waals surface area (Å²) in [6, 6.07) is 10.3. The Morgan fingerprint density at radius 2 is 1.71 bits per heavy atom. The Labute approximate surface area is 146 Å². The van der Waals surface area contributed by atoms with Crippen LogP contribution in [0.3, 0.4) is 0 Å². The standard InChI is InChI=1S/C20H32N2O2/c1-8-20(7)18(23)21(15(2)3)14-19(5,6)22(20)24-16(4)17-12-10-9-11-13-17/h9-13,15-16H,8,14H2,1-7H3. The summed E-state index contributed by atoms with van der Waals surface area (Å²) in [5, 5.41) is 1.96. The van der Waals surface area contributed by atoms with Crippen molar-refractivity contribution in [3.63, 3.8) is 0 Å². The molecule has 2 unspecified atom stereocenters. The van der Waals surface area contributed by atoms with Gasteiger partial charge in [-0.3, -0.25) is 9.63 Å². The second kappa shape index (κ2) is 6.85. The molecular weight excluding hydrogens is 300 g/mol. The number of carbonyl (C=O) groups excluding carboxylic acids is 1. The monoisotopic (exact) mass is 332 g/mol. The van der Waals surface area contributed by atoms with Gasteiger partial charge in [-0.25, -0.2) is 0 Å². The summed E-state index contributed by atoms with van der Waals surface area (Å²) in [4.78, 5) is 21.5. The molecule has 1 aromatic rings. The number of piperazine rings is 1. The maximum atomic E-state index is 13.1. The second-order valence-corrected chi connectivity index (χ2v) is 7.92. The van der Waals surface area contributed by atoms with E-state index in [4.69, 9.17) is 4.84 Å². The van der Waals surface area contributed by atoms with Crippen molar-refractivity contribution in [3.05, 3.63) is 35.9 Å². The molecule has 0 N–H and O–H groups in total. The van der Waals surface area contributed by atoms with Crippen LogP contribution in [-0.4, -0.2) is 39.5 Å². The zero-order chi connectivity index (χ0) is 18.1. The summed E-state index contributed by atoms with van der Waals surface area (Å²) in [5.74, 6) is 0.152. The van der Waals surface area contributed by atoms with Crippen molar-refractivity contribution in [2.75, 3.05) is 6.54 Å². The number of hydrogen-bond donors (Lipinski definition) is 0. The van der Waals surface area contributed by atoms with Gasteiger partial charge in [0.15, 0.2) is 0 Å². The highest BCUT2D eigenvalue weighted by Crippen LogP contribution is 2.39. The number of benzene rings is 1. The SMILES string of the molecule is CCC1(C)C(=O)N(C(C)C)CC(C)(C)N1OC(C)c1ccccc1. The smallest absolute Gasteiger partial charge is 0.245 e. The molecule has 4 heteroatoms. The minimum Gasteiger partial charge on any atom is -0.337 e. The van der Waals surface area contributed by atoms with Gasteiger partial charge in [0.05, 0.1) is 5.54 Å². The van der Waals surface area contributed by atoms with Gasteiger partial charge in [0.1, 0.15) is 11.6 Å². The minimum absolute atomic E-state index is 0.102. The van der Waals surface area contributed by atoms with Crippen molar-refractivity contribution in [2.45, 2.75) is 78.1 Å². The first kappa shape index (κ1) is 18.9. The summed E-state index contributed by atoms with van der Waals surface area (Å²) < 4.78 is 0. The molecule has 2 atom stereocenters. The van der Waals surface area contributed by atoms with Gasteiger partial charge in [-0.1, -0.05) is 37.3 Å². The molecule has 1 amide bonds. The van der Waals surface area contributed by atoms with E-state index < -0.39 is 5.54 Å². The van der Waals surface area contributed by atoms with E-state index in [1.807, 2.05) is 42.0 Å². The maximum absolute atomic E-state index is 13.1. The fraction of sp³-hybridized carbons (Fsp3) is 0.650. The zero-order valence-electron chi connectivity index (χ0n) is 16.2. The lowest BCUT2D eigenvalue weighted by Crippen LogP contribution is -2.72. The summed E-state index contributed by atoms with van der Waals surface area (Å²) in [7, 11) is 0. The maximum Gasteiger partial charge on any atom is 0.245 e. The first-order chi connectivity index (χ1) is 11.1. The molecule has 0 aliphatic carbocycles. The van der Waals surface area contributed by atoms with E-state index in [1.54, 1.807) is 0 Å². The van der Waals surface area contributed by atoms with E-state index in [0.717, 1.165) is 5.56 Å². The predicted molar refractivity (Wildman–Crippen MR) is 97.4 cm³/mol. The van der Waals surface area contributed by atoms with Crippen molar-refractivity contribution in [3.8, 4) is 0 Å². The second-order valence-electron chi connectivity index (χ2n) is 7.92. The number of hydroxylamine groups is 2. The molecule has 0 saturated carbocycles. The molecule has 1 aromatic carbocycles. The molecule has 1 saturated heterocycles. The van der Waals surface area contributed by atoms with Crippen LogP contribution in [0.2, 0.25) is 0 Å². The van der Waals surface area contributed by atoms with Gasteiger partial charge in [0.2, 0.25) is 5.91 Å². The quantitative estimate of drug-likeness (QED) is 0.811. The van der Waals surface area contributed by atoms with Crippen LogP contribution in [-0.2, 0) is 9.63 Å². The number of rotatable bonds is 5. The molecule has 4 nitrogen and oxygen atoms in total. The molecule has 134 valence electrons. The van der Waals surface area contributed by atoms with E-state index in [9.17, 15) is 4.79 Å².